The zero-order valence-electron chi connectivity index (χ0n) is 13.7. The molecule has 1 N–H and O–H groups in total. The van der Waals surface area contributed by atoms with Crippen molar-refractivity contribution < 1.29 is 13.2 Å². The summed E-state index contributed by atoms with van der Waals surface area (Å²) in [5.74, 6) is -0.325. The molecule has 0 atom stereocenters. The summed E-state index contributed by atoms with van der Waals surface area (Å²) in [6.45, 7) is 3.42. The Hall–Kier alpha value is -2.05. The van der Waals surface area contributed by atoms with Gasteiger partial charge in [0.2, 0.25) is 10.0 Å². The molecule has 0 radical (unpaired) electrons. The molecule has 1 amide bonds. The van der Waals surface area contributed by atoms with Crippen molar-refractivity contribution in [2.24, 2.45) is 0 Å². The van der Waals surface area contributed by atoms with Crippen LogP contribution in [0.3, 0.4) is 0 Å². The first-order chi connectivity index (χ1) is 11.2. The predicted octanol–water partition coefficient (Wildman–Crippen LogP) is 3.69. The van der Waals surface area contributed by atoms with E-state index in [9.17, 15) is 13.2 Å². The normalized spacial score (nSPS) is 11.2. The average molecular weight is 367 g/mol. The number of halogens is 1. The van der Waals surface area contributed by atoms with Crippen LogP contribution in [-0.4, -0.2) is 27.1 Å². The van der Waals surface area contributed by atoms with Gasteiger partial charge in [-0.2, -0.15) is 0 Å². The highest BCUT2D eigenvalue weighted by Crippen LogP contribution is 2.22. The quantitative estimate of drug-likeness (QED) is 0.877. The second-order valence-corrected chi connectivity index (χ2v) is 8.06. The third kappa shape index (κ3) is 4.07. The summed E-state index contributed by atoms with van der Waals surface area (Å²) in [5.41, 5.74) is 2.32. The van der Waals surface area contributed by atoms with E-state index in [1.54, 1.807) is 49.4 Å². The molecule has 0 aliphatic carbocycles. The SMILES string of the molecule is CCS(=O)(=O)N(C)c1cccc(C(=O)Nc2ccc(Cl)cc2C)c1. The molecule has 5 nitrogen and oxygen atoms in total. The zero-order valence-corrected chi connectivity index (χ0v) is 15.3. The molecular formula is C17H19ClN2O3S. The van der Waals surface area contributed by atoms with E-state index in [0.29, 0.717) is 22.0 Å². The molecule has 0 aliphatic rings. The van der Waals surface area contributed by atoms with Crippen LogP contribution in [0.25, 0.3) is 0 Å². The Bertz CT molecular complexity index is 866. The Balaban J connectivity index is 2.26. The molecule has 0 fully saturated rings. The number of nitrogens with one attached hydrogen (secondary N) is 1. The van der Waals surface area contributed by atoms with Crippen molar-refractivity contribution in [3.63, 3.8) is 0 Å². The number of nitrogens with zero attached hydrogens (tertiary/aromatic N) is 1. The minimum atomic E-state index is -3.38. The number of amides is 1. The van der Waals surface area contributed by atoms with Gasteiger partial charge in [-0.25, -0.2) is 8.42 Å². The number of carbonyl (C=O) groups is 1. The van der Waals surface area contributed by atoms with E-state index in [4.69, 9.17) is 11.6 Å². The molecule has 7 heteroatoms. The van der Waals surface area contributed by atoms with Gasteiger partial charge in [0.15, 0.2) is 0 Å². The van der Waals surface area contributed by atoms with Gasteiger partial charge in [-0.1, -0.05) is 17.7 Å². The minimum absolute atomic E-state index is 0.0100. The van der Waals surface area contributed by atoms with Crippen molar-refractivity contribution in [3.05, 3.63) is 58.6 Å². The number of hydrogen-bond acceptors (Lipinski definition) is 3. The van der Waals surface area contributed by atoms with Crippen LogP contribution in [0.2, 0.25) is 5.02 Å². The van der Waals surface area contributed by atoms with Gasteiger partial charge < -0.3 is 5.32 Å². The lowest BCUT2D eigenvalue weighted by molar-refractivity contribution is 0.102. The van der Waals surface area contributed by atoms with Crippen molar-refractivity contribution in [1.29, 1.82) is 0 Å². The fourth-order valence-corrected chi connectivity index (χ4v) is 3.21. The average Bonchev–Trinajstić information content (AvgIpc) is 2.56. The largest absolute Gasteiger partial charge is 0.322 e. The van der Waals surface area contributed by atoms with E-state index in [2.05, 4.69) is 5.32 Å². The molecule has 0 heterocycles. The molecule has 0 aromatic heterocycles. The molecule has 24 heavy (non-hydrogen) atoms. The van der Waals surface area contributed by atoms with Crippen LogP contribution in [0.4, 0.5) is 11.4 Å². The Morgan fingerprint density at radius 1 is 1.21 bits per heavy atom. The highest BCUT2D eigenvalue weighted by molar-refractivity contribution is 7.92. The number of carbonyl (C=O) groups excluding carboxylic acids is 1. The molecule has 0 saturated heterocycles. The molecule has 0 saturated carbocycles. The second kappa shape index (κ2) is 7.23. The molecule has 0 bridgehead atoms. The zero-order chi connectivity index (χ0) is 17.9. The van der Waals surface area contributed by atoms with Crippen LogP contribution in [0.15, 0.2) is 42.5 Å². The first-order valence-corrected chi connectivity index (χ1v) is 9.37. The van der Waals surface area contributed by atoms with E-state index >= 15 is 0 Å². The van der Waals surface area contributed by atoms with Crippen molar-refractivity contribution in [2.45, 2.75) is 13.8 Å². The smallest absolute Gasteiger partial charge is 0.255 e. The number of rotatable bonds is 5. The number of aryl methyl sites for hydroxylation is 1. The molecule has 0 spiro atoms. The van der Waals surface area contributed by atoms with Crippen LogP contribution in [-0.2, 0) is 10.0 Å². The maximum absolute atomic E-state index is 12.4. The number of sulfonamides is 1. The number of hydrogen-bond donors (Lipinski definition) is 1. The third-order valence-corrected chi connectivity index (χ3v) is 5.70. The molecule has 128 valence electrons. The van der Waals surface area contributed by atoms with Crippen LogP contribution in [0, 0.1) is 6.92 Å². The van der Waals surface area contributed by atoms with Crippen LogP contribution in [0.1, 0.15) is 22.8 Å². The predicted molar refractivity (Wildman–Crippen MR) is 98.4 cm³/mol. The summed E-state index contributed by atoms with van der Waals surface area (Å²) in [7, 11) is -1.91. The Morgan fingerprint density at radius 3 is 2.54 bits per heavy atom. The van der Waals surface area contributed by atoms with E-state index in [-0.39, 0.29) is 11.7 Å². The van der Waals surface area contributed by atoms with Crippen molar-refractivity contribution >= 4 is 38.9 Å². The summed E-state index contributed by atoms with van der Waals surface area (Å²) < 4.78 is 25.1. The standard InChI is InChI=1S/C17H19ClN2O3S/c1-4-24(22,23)20(3)15-7-5-6-13(11-15)17(21)19-16-9-8-14(18)10-12(16)2/h5-11H,4H2,1-3H3,(H,19,21). The highest BCUT2D eigenvalue weighted by Gasteiger charge is 2.17. The Morgan fingerprint density at radius 2 is 1.92 bits per heavy atom. The van der Waals surface area contributed by atoms with E-state index in [1.807, 2.05) is 6.92 Å². The topological polar surface area (TPSA) is 66.5 Å². The Kier molecular flexibility index (Phi) is 5.51. The second-order valence-electron chi connectivity index (χ2n) is 5.33. The lowest BCUT2D eigenvalue weighted by Crippen LogP contribution is -2.28. The van der Waals surface area contributed by atoms with Gasteiger partial charge in [-0.15, -0.1) is 0 Å². The van der Waals surface area contributed by atoms with Gasteiger partial charge in [0, 0.05) is 23.3 Å². The first-order valence-electron chi connectivity index (χ1n) is 7.39. The van der Waals surface area contributed by atoms with Crippen LogP contribution >= 0.6 is 11.6 Å². The Labute approximate surface area is 147 Å². The number of anilines is 2. The van der Waals surface area contributed by atoms with Gasteiger partial charge in [0.1, 0.15) is 0 Å². The van der Waals surface area contributed by atoms with Crippen molar-refractivity contribution in [1.82, 2.24) is 0 Å². The maximum atomic E-state index is 12.4. The minimum Gasteiger partial charge on any atom is -0.322 e. The summed E-state index contributed by atoms with van der Waals surface area (Å²) >= 11 is 5.91. The summed E-state index contributed by atoms with van der Waals surface area (Å²) in [6, 6.07) is 11.7. The highest BCUT2D eigenvalue weighted by atomic mass is 35.5. The van der Waals surface area contributed by atoms with Crippen LogP contribution in [0.5, 0.6) is 0 Å². The molecule has 2 aromatic carbocycles. The van der Waals surface area contributed by atoms with E-state index < -0.39 is 10.0 Å². The third-order valence-electron chi connectivity index (χ3n) is 3.69. The number of benzene rings is 2. The molecular weight excluding hydrogens is 348 g/mol. The van der Waals surface area contributed by atoms with Crippen molar-refractivity contribution in [3.8, 4) is 0 Å². The summed E-state index contributed by atoms with van der Waals surface area (Å²) in [5, 5.41) is 3.40. The lowest BCUT2D eigenvalue weighted by atomic mass is 10.1. The van der Waals surface area contributed by atoms with Crippen molar-refractivity contribution in [2.75, 3.05) is 22.4 Å². The maximum Gasteiger partial charge on any atom is 0.255 e. The van der Waals surface area contributed by atoms with E-state index in [0.717, 1.165) is 5.56 Å². The first kappa shape index (κ1) is 18.3. The van der Waals surface area contributed by atoms with E-state index in [1.165, 1.54) is 11.4 Å². The molecule has 2 aromatic rings. The van der Waals surface area contributed by atoms with Gasteiger partial charge in [-0.05, 0) is 55.8 Å². The fourth-order valence-electron chi connectivity index (χ4n) is 2.16. The molecule has 2 rings (SSSR count). The van der Waals surface area contributed by atoms with Gasteiger partial charge in [0.25, 0.3) is 5.91 Å². The molecule has 0 unspecified atom stereocenters. The van der Waals surface area contributed by atoms with Gasteiger partial charge in [0.05, 0.1) is 11.4 Å². The summed E-state index contributed by atoms with van der Waals surface area (Å²) in [4.78, 5) is 12.4. The van der Waals surface area contributed by atoms with Crippen LogP contribution < -0.4 is 9.62 Å². The monoisotopic (exact) mass is 366 g/mol. The fraction of sp³-hybridized carbons (Fsp3) is 0.235. The summed E-state index contributed by atoms with van der Waals surface area (Å²) in [6.07, 6.45) is 0. The lowest BCUT2D eigenvalue weighted by Gasteiger charge is -2.19. The van der Waals surface area contributed by atoms with Gasteiger partial charge >= 0.3 is 0 Å². The van der Waals surface area contributed by atoms with Gasteiger partial charge in [-0.3, -0.25) is 9.10 Å². The molecule has 0 aliphatic heterocycles.